The van der Waals surface area contributed by atoms with Crippen LogP contribution in [0.15, 0.2) is 29.3 Å². The van der Waals surface area contributed by atoms with Gasteiger partial charge in [-0.3, -0.25) is 4.90 Å². The fraction of sp³-hybridized carbons (Fsp3) is 0.625. The molecule has 126 valence electrons. The van der Waals surface area contributed by atoms with E-state index in [0.717, 1.165) is 31.1 Å². The number of alkyl halides is 1. The zero-order valence-electron chi connectivity index (χ0n) is 13.7. The van der Waals surface area contributed by atoms with Gasteiger partial charge in [0.05, 0.1) is 18.6 Å². The van der Waals surface area contributed by atoms with E-state index in [2.05, 4.69) is 31.6 Å². The Morgan fingerprint density at radius 3 is 3.04 bits per heavy atom. The van der Waals surface area contributed by atoms with Crippen LogP contribution in [0.25, 0.3) is 0 Å². The van der Waals surface area contributed by atoms with Crippen molar-refractivity contribution in [3.8, 4) is 0 Å². The van der Waals surface area contributed by atoms with E-state index in [9.17, 15) is 4.39 Å². The molecule has 1 fully saturated rings. The van der Waals surface area contributed by atoms with Crippen molar-refractivity contribution in [2.45, 2.75) is 38.6 Å². The lowest BCUT2D eigenvalue weighted by molar-refractivity contribution is 0.167. The Hall–Kier alpha value is -1.73. The zero-order valence-corrected chi connectivity index (χ0v) is 13.7. The predicted molar refractivity (Wildman–Crippen MR) is 84.7 cm³/mol. The van der Waals surface area contributed by atoms with Crippen LogP contribution in [0.5, 0.6) is 0 Å². The van der Waals surface area contributed by atoms with Gasteiger partial charge in [0.25, 0.3) is 0 Å². The molecule has 2 aromatic rings. The lowest BCUT2D eigenvalue weighted by atomic mass is 10.2. The van der Waals surface area contributed by atoms with Gasteiger partial charge in [-0.1, -0.05) is 5.16 Å². The SMILES string of the molecule is Cc1cc(CN2C[C@@H](F)C[C@H]2CN(C)CCn2ccnc2)on1. The molecular weight excluding hydrogens is 297 g/mol. The van der Waals surface area contributed by atoms with E-state index in [-0.39, 0.29) is 6.04 Å². The van der Waals surface area contributed by atoms with Crippen molar-refractivity contribution in [3.63, 3.8) is 0 Å². The average molecular weight is 321 g/mol. The number of aromatic nitrogens is 3. The van der Waals surface area contributed by atoms with Gasteiger partial charge >= 0.3 is 0 Å². The third-order valence-electron chi connectivity index (χ3n) is 4.33. The van der Waals surface area contributed by atoms with E-state index in [4.69, 9.17) is 4.52 Å². The highest BCUT2D eigenvalue weighted by Gasteiger charge is 2.33. The van der Waals surface area contributed by atoms with Gasteiger partial charge < -0.3 is 14.0 Å². The number of rotatable bonds is 7. The molecule has 2 atom stereocenters. The summed E-state index contributed by atoms with van der Waals surface area (Å²) < 4.78 is 21.2. The standard InChI is InChI=1S/C16H24FN5O/c1-13-7-16(23-19-13)11-22-9-14(17)8-15(22)10-20(2)5-6-21-4-3-18-12-21/h3-4,7,12,14-15H,5-6,8-11H2,1-2H3/t14-,15-/m0/s1. The minimum absolute atomic E-state index is 0.211. The number of hydrogen-bond acceptors (Lipinski definition) is 5. The van der Waals surface area contributed by atoms with Gasteiger partial charge in [0.1, 0.15) is 6.17 Å². The van der Waals surface area contributed by atoms with Gasteiger partial charge in [-0.25, -0.2) is 9.37 Å². The molecule has 7 heteroatoms. The highest BCUT2D eigenvalue weighted by atomic mass is 19.1. The molecule has 0 radical (unpaired) electrons. The second-order valence-corrected chi connectivity index (χ2v) is 6.41. The van der Waals surface area contributed by atoms with E-state index >= 15 is 0 Å². The van der Waals surface area contributed by atoms with Crippen LogP contribution in [0.1, 0.15) is 17.9 Å². The average Bonchev–Trinajstić information content (AvgIpc) is 3.21. The van der Waals surface area contributed by atoms with Crippen molar-refractivity contribution < 1.29 is 8.91 Å². The molecule has 1 aliphatic heterocycles. The lowest BCUT2D eigenvalue weighted by Crippen LogP contribution is -2.39. The van der Waals surface area contributed by atoms with Crippen LogP contribution >= 0.6 is 0 Å². The number of likely N-dealkylation sites (tertiary alicyclic amines) is 1. The maximum absolute atomic E-state index is 13.9. The van der Waals surface area contributed by atoms with Crippen LogP contribution in [-0.2, 0) is 13.1 Å². The highest BCUT2D eigenvalue weighted by Crippen LogP contribution is 2.23. The van der Waals surface area contributed by atoms with Crippen molar-refractivity contribution >= 4 is 0 Å². The van der Waals surface area contributed by atoms with Gasteiger partial charge in [0, 0.05) is 50.7 Å². The number of halogens is 1. The highest BCUT2D eigenvalue weighted by molar-refractivity contribution is 5.04. The number of imidazole rings is 1. The fourth-order valence-corrected chi connectivity index (χ4v) is 3.15. The van der Waals surface area contributed by atoms with E-state index in [1.54, 1.807) is 6.20 Å². The molecule has 0 N–H and O–H groups in total. The second kappa shape index (κ2) is 7.23. The molecule has 6 nitrogen and oxygen atoms in total. The van der Waals surface area contributed by atoms with Crippen LogP contribution in [0.2, 0.25) is 0 Å². The van der Waals surface area contributed by atoms with Crippen molar-refractivity contribution in [2.24, 2.45) is 0 Å². The molecule has 3 heterocycles. The molecule has 23 heavy (non-hydrogen) atoms. The van der Waals surface area contributed by atoms with Crippen molar-refractivity contribution in [1.29, 1.82) is 0 Å². The van der Waals surface area contributed by atoms with E-state index < -0.39 is 6.17 Å². The van der Waals surface area contributed by atoms with Crippen LogP contribution in [0, 0.1) is 6.92 Å². The molecule has 2 aromatic heterocycles. The molecule has 0 unspecified atom stereocenters. The van der Waals surface area contributed by atoms with Gasteiger partial charge in [-0.05, 0) is 20.4 Å². The van der Waals surface area contributed by atoms with Crippen LogP contribution in [-0.4, -0.2) is 63.4 Å². The fourth-order valence-electron chi connectivity index (χ4n) is 3.15. The summed E-state index contributed by atoms with van der Waals surface area (Å²) in [6.07, 6.45) is 5.39. The molecule has 0 spiro atoms. The summed E-state index contributed by atoms with van der Waals surface area (Å²) >= 11 is 0. The molecule has 3 rings (SSSR count). The first-order valence-corrected chi connectivity index (χ1v) is 8.05. The van der Waals surface area contributed by atoms with Crippen LogP contribution in [0.4, 0.5) is 4.39 Å². The van der Waals surface area contributed by atoms with Crippen molar-refractivity contribution in [3.05, 3.63) is 36.2 Å². The maximum atomic E-state index is 13.9. The topological polar surface area (TPSA) is 50.3 Å². The maximum Gasteiger partial charge on any atom is 0.150 e. The monoisotopic (exact) mass is 321 g/mol. The summed E-state index contributed by atoms with van der Waals surface area (Å²) in [5.74, 6) is 0.808. The Labute approximate surface area is 135 Å². The normalized spacial score (nSPS) is 22.3. The minimum Gasteiger partial charge on any atom is -0.360 e. The quantitative estimate of drug-likeness (QED) is 0.777. The summed E-state index contributed by atoms with van der Waals surface area (Å²) in [6.45, 7) is 5.66. The Bertz CT molecular complexity index is 599. The van der Waals surface area contributed by atoms with Crippen LogP contribution in [0.3, 0.4) is 0 Å². The lowest BCUT2D eigenvalue weighted by Gasteiger charge is -2.27. The van der Waals surface area contributed by atoms with E-state index in [0.29, 0.717) is 19.5 Å². The smallest absolute Gasteiger partial charge is 0.150 e. The Kier molecular flexibility index (Phi) is 5.07. The Morgan fingerprint density at radius 1 is 1.48 bits per heavy atom. The van der Waals surface area contributed by atoms with E-state index in [1.165, 1.54) is 0 Å². The van der Waals surface area contributed by atoms with Gasteiger partial charge in [-0.2, -0.15) is 0 Å². The zero-order chi connectivity index (χ0) is 16.2. The van der Waals surface area contributed by atoms with Crippen molar-refractivity contribution in [1.82, 2.24) is 24.5 Å². The number of aryl methyl sites for hydroxylation is 1. The molecular formula is C16H24FN5O. The molecule has 0 amide bonds. The largest absolute Gasteiger partial charge is 0.360 e. The van der Waals surface area contributed by atoms with Gasteiger partial charge in [0.15, 0.2) is 5.76 Å². The predicted octanol–water partition coefficient (Wildman–Crippen LogP) is 1.72. The summed E-state index contributed by atoms with van der Waals surface area (Å²) in [5, 5.41) is 3.91. The molecule has 0 saturated carbocycles. The summed E-state index contributed by atoms with van der Waals surface area (Å²) in [7, 11) is 2.08. The molecule has 1 saturated heterocycles. The second-order valence-electron chi connectivity index (χ2n) is 6.41. The molecule has 0 aliphatic carbocycles. The number of likely N-dealkylation sites (N-methyl/N-ethyl adjacent to an activating group) is 1. The van der Waals surface area contributed by atoms with Crippen molar-refractivity contribution in [2.75, 3.05) is 26.7 Å². The van der Waals surface area contributed by atoms with Crippen LogP contribution < -0.4 is 0 Å². The van der Waals surface area contributed by atoms with E-state index in [1.807, 2.05) is 25.5 Å². The Morgan fingerprint density at radius 2 is 2.35 bits per heavy atom. The Balaban J connectivity index is 1.52. The first kappa shape index (κ1) is 16.1. The third kappa shape index (κ3) is 4.39. The summed E-state index contributed by atoms with van der Waals surface area (Å²) in [5.41, 5.74) is 0.866. The first-order valence-electron chi connectivity index (χ1n) is 8.05. The summed E-state index contributed by atoms with van der Waals surface area (Å²) in [6, 6.07) is 2.13. The van der Waals surface area contributed by atoms with Gasteiger partial charge in [-0.15, -0.1) is 0 Å². The minimum atomic E-state index is -0.758. The number of nitrogens with zero attached hydrogens (tertiary/aromatic N) is 5. The third-order valence-corrected chi connectivity index (χ3v) is 4.33. The number of hydrogen-bond donors (Lipinski definition) is 0. The molecule has 1 aliphatic rings. The summed E-state index contributed by atoms with van der Waals surface area (Å²) in [4.78, 5) is 8.46. The molecule has 0 aromatic carbocycles. The molecule has 0 bridgehead atoms. The van der Waals surface area contributed by atoms with Gasteiger partial charge in [0.2, 0.25) is 0 Å². The first-order chi connectivity index (χ1) is 11.1.